The van der Waals surface area contributed by atoms with Gasteiger partial charge in [-0.25, -0.2) is 0 Å². The van der Waals surface area contributed by atoms with Crippen LogP contribution >= 0.6 is 0 Å². The van der Waals surface area contributed by atoms with Crippen molar-refractivity contribution in [2.75, 3.05) is 19.8 Å². The van der Waals surface area contributed by atoms with Crippen LogP contribution < -0.4 is 9.47 Å². The highest BCUT2D eigenvalue weighted by Crippen LogP contribution is 2.41. The highest BCUT2D eigenvalue weighted by atomic mass is 16.5. The summed E-state index contributed by atoms with van der Waals surface area (Å²) in [6.07, 6.45) is 0.256. The van der Waals surface area contributed by atoms with Crippen LogP contribution in [0.5, 0.6) is 11.5 Å². The minimum absolute atomic E-state index is 0.189. The molecule has 1 heterocycles. The lowest BCUT2D eigenvalue weighted by molar-refractivity contribution is 0.0153. The second-order valence-electron chi connectivity index (χ2n) is 5.41. The van der Waals surface area contributed by atoms with Crippen LogP contribution in [0.15, 0.2) is 18.2 Å². The normalized spacial score (nSPS) is 17.7. The molecule has 1 atom stereocenters. The Bertz CT molecular complexity index is 428. The summed E-state index contributed by atoms with van der Waals surface area (Å²) < 4.78 is 16.7. The molecule has 0 bridgehead atoms. The van der Waals surface area contributed by atoms with Crippen LogP contribution in [0.25, 0.3) is 0 Å². The average Bonchev–Trinajstić information content (AvgIpc) is 2.68. The highest BCUT2D eigenvalue weighted by molar-refractivity contribution is 5.50. The Kier molecular flexibility index (Phi) is 4.32. The SMILES string of the molecule is CCOC[C@@H](O)COc1cccc2c1OC(C)(C)C2. The van der Waals surface area contributed by atoms with Gasteiger partial charge in [0.05, 0.1) is 6.61 Å². The Labute approximate surface area is 114 Å². The first-order valence-corrected chi connectivity index (χ1v) is 6.71. The molecule has 0 aromatic heterocycles. The number of hydrogen-bond acceptors (Lipinski definition) is 4. The smallest absolute Gasteiger partial charge is 0.165 e. The Hall–Kier alpha value is -1.26. The van der Waals surface area contributed by atoms with E-state index in [0.29, 0.717) is 12.4 Å². The van der Waals surface area contributed by atoms with Gasteiger partial charge in [-0.2, -0.15) is 0 Å². The molecule has 4 heteroatoms. The molecule has 0 amide bonds. The van der Waals surface area contributed by atoms with Crippen molar-refractivity contribution >= 4 is 0 Å². The standard InChI is InChI=1S/C15H22O4/c1-4-17-9-12(16)10-18-13-7-5-6-11-8-15(2,3)19-14(11)13/h5-7,12,16H,4,8-10H2,1-3H3/t12-/m1/s1. The highest BCUT2D eigenvalue weighted by Gasteiger charge is 2.32. The number of fused-ring (bicyclic) bond motifs is 1. The molecule has 1 N–H and O–H groups in total. The van der Waals surface area contributed by atoms with E-state index in [9.17, 15) is 5.11 Å². The van der Waals surface area contributed by atoms with E-state index in [0.717, 1.165) is 17.7 Å². The van der Waals surface area contributed by atoms with Gasteiger partial charge in [-0.3, -0.25) is 0 Å². The van der Waals surface area contributed by atoms with Crippen LogP contribution in [0.2, 0.25) is 0 Å². The fourth-order valence-electron chi connectivity index (χ4n) is 2.19. The molecular weight excluding hydrogens is 244 g/mol. The molecule has 4 nitrogen and oxygen atoms in total. The Morgan fingerprint density at radius 3 is 2.89 bits per heavy atom. The number of ether oxygens (including phenoxy) is 3. The molecule has 1 aromatic carbocycles. The molecule has 1 aromatic rings. The number of para-hydroxylation sites is 1. The summed E-state index contributed by atoms with van der Waals surface area (Å²) >= 11 is 0. The predicted octanol–water partition coefficient (Wildman–Crippen LogP) is 2.18. The quantitative estimate of drug-likeness (QED) is 0.857. The summed E-state index contributed by atoms with van der Waals surface area (Å²) in [7, 11) is 0. The minimum atomic E-state index is -0.620. The monoisotopic (exact) mass is 266 g/mol. The molecule has 0 unspecified atom stereocenters. The summed E-state index contributed by atoms with van der Waals surface area (Å²) in [4.78, 5) is 0. The van der Waals surface area contributed by atoms with Crippen LogP contribution in [0.3, 0.4) is 0 Å². The van der Waals surface area contributed by atoms with E-state index >= 15 is 0 Å². The first-order valence-electron chi connectivity index (χ1n) is 6.71. The van der Waals surface area contributed by atoms with E-state index in [2.05, 4.69) is 13.8 Å². The van der Waals surface area contributed by atoms with Gasteiger partial charge < -0.3 is 19.3 Å². The number of aliphatic hydroxyl groups is 1. The number of hydrogen-bond donors (Lipinski definition) is 1. The molecule has 2 rings (SSSR count). The third-order valence-corrected chi connectivity index (χ3v) is 3.00. The molecule has 0 spiro atoms. The van der Waals surface area contributed by atoms with E-state index in [4.69, 9.17) is 14.2 Å². The van der Waals surface area contributed by atoms with E-state index in [-0.39, 0.29) is 18.8 Å². The molecule has 106 valence electrons. The van der Waals surface area contributed by atoms with Gasteiger partial charge in [0, 0.05) is 18.6 Å². The van der Waals surface area contributed by atoms with Gasteiger partial charge in [0.1, 0.15) is 18.3 Å². The average molecular weight is 266 g/mol. The molecule has 0 radical (unpaired) electrons. The maximum Gasteiger partial charge on any atom is 0.165 e. The lowest BCUT2D eigenvalue weighted by atomic mass is 10.0. The predicted molar refractivity (Wildman–Crippen MR) is 72.8 cm³/mol. The van der Waals surface area contributed by atoms with Crippen LogP contribution in [0.1, 0.15) is 26.3 Å². The molecular formula is C15H22O4. The van der Waals surface area contributed by atoms with Crippen LogP contribution in [-0.4, -0.2) is 36.6 Å². The zero-order chi connectivity index (χ0) is 13.9. The van der Waals surface area contributed by atoms with Crippen molar-refractivity contribution in [3.8, 4) is 11.5 Å². The number of rotatable bonds is 6. The maximum atomic E-state index is 9.70. The van der Waals surface area contributed by atoms with Gasteiger partial charge >= 0.3 is 0 Å². The summed E-state index contributed by atoms with van der Waals surface area (Å²) in [5.41, 5.74) is 0.966. The molecule has 0 saturated carbocycles. The van der Waals surface area contributed by atoms with Crippen LogP contribution in [0.4, 0.5) is 0 Å². The second kappa shape index (κ2) is 5.80. The van der Waals surface area contributed by atoms with Gasteiger partial charge in [-0.05, 0) is 26.8 Å². The number of benzene rings is 1. The second-order valence-corrected chi connectivity index (χ2v) is 5.41. The third kappa shape index (κ3) is 3.61. The van der Waals surface area contributed by atoms with E-state index in [1.807, 2.05) is 25.1 Å². The van der Waals surface area contributed by atoms with Crippen molar-refractivity contribution < 1.29 is 19.3 Å². The molecule has 0 fully saturated rings. The minimum Gasteiger partial charge on any atom is -0.487 e. The Morgan fingerprint density at radius 1 is 1.37 bits per heavy atom. The summed E-state index contributed by atoms with van der Waals surface area (Å²) in [6.45, 7) is 7.10. The lowest BCUT2D eigenvalue weighted by Crippen LogP contribution is -2.25. The largest absolute Gasteiger partial charge is 0.487 e. The van der Waals surface area contributed by atoms with Gasteiger partial charge in [0.2, 0.25) is 0 Å². The van der Waals surface area contributed by atoms with Crippen molar-refractivity contribution in [3.05, 3.63) is 23.8 Å². The zero-order valence-corrected chi connectivity index (χ0v) is 11.8. The zero-order valence-electron chi connectivity index (χ0n) is 11.8. The van der Waals surface area contributed by atoms with E-state index in [1.54, 1.807) is 0 Å². The van der Waals surface area contributed by atoms with Crippen molar-refractivity contribution in [1.82, 2.24) is 0 Å². The van der Waals surface area contributed by atoms with Gasteiger partial charge in [0.15, 0.2) is 11.5 Å². The summed E-state index contributed by atoms with van der Waals surface area (Å²) in [6, 6.07) is 5.87. The topological polar surface area (TPSA) is 47.9 Å². The molecule has 0 saturated heterocycles. The molecule has 19 heavy (non-hydrogen) atoms. The molecule has 1 aliphatic rings. The van der Waals surface area contributed by atoms with Crippen molar-refractivity contribution in [1.29, 1.82) is 0 Å². The van der Waals surface area contributed by atoms with Gasteiger partial charge in [-0.1, -0.05) is 12.1 Å². The molecule has 1 aliphatic heterocycles. The van der Waals surface area contributed by atoms with Crippen molar-refractivity contribution in [2.24, 2.45) is 0 Å². The van der Waals surface area contributed by atoms with E-state index < -0.39 is 6.10 Å². The maximum absolute atomic E-state index is 9.70. The van der Waals surface area contributed by atoms with Crippen molar-refractivity contribution in [2.45, 2.75) is 38.9 Å². The molecule has 0 aliphatic carbocycles. The Balaban J connectivity index is 1.98. The summed E-state index contributed by atoms with van der Waals surface area (Å²) in [5.74, 6) is 1.50. The Morgan fingerprint density at radius 2 is 2.16 bits per heavy atom. The third-order valence-electron chi connectivity index (χ3n) is 3.00. The van der Waals surface area contributed by atoms with E-state index in [1.165, 1.54) is 0 Å². The van der Waals surface area contributed by atoms with Crippen LogP contribution in [-0.2, 0) is 11.2 Å². The van der Waals surface area contributed by atoms with Gasteiger partial charge in [0.25, 0.3) is 0 Å². The number of aliphatic hydroxyl groups excluding tert-OH is 1. The first-order chi connectivity index (χ1) is 9.02. The van der Waals surface area contributed by atoms with Gasteiger partial charge in [-0.15, -0.1) is 0 Å². The summed E-state index contributed by atoms with van der Waals surface area (Å²) in [5, 5.41) is 9.70. The fourth-order valence-corrected chi connectivity index (χ4v) is 2.19. The fraction of sp³-hybridized carbons (Fsp3) is 0.600. The first kappa shape index (κ1) is 14.2. The van der Waals surface area contributed by atoms with Crippen LogP contribution in [0, 0.1) is 0 Å². The lowest BCUT2D eigenvalue weighted by Gasteiger charge is -2.19. The van der Waals surface area contributed by atoms with Crippen molar-refractivity contribution in [3.63, 3.8) is 0 Å².